The average Bonchev–Trinajstić information content (AvgIpc) is 2.26. The van der Waals surface area contributed by atoms with Crippen LogP contribution in [0, 0.1) is 11.7 Å². The second-order valence-corrected chi connectivity index (χ2v) is 3.64. The number of aromatic nitrogens is 1. The number of alkyl halides is 1. The second-order valence-electron chi connectivity index (χ2n) is 3.33. The number of carbonyl (C=O) groups excluding carboxylic acids is 1. The molecule has 1 N–H and O–H groups in total. The lowest BCUT2D eigenvalue weighted by Crippen LogP contribution is -2.29. The zero-order valence-corrected chi connectivity index (χ0v) is 9.09. The van der Waals surface area contributed by atoms with Crippen molar-refractivity contribution in [1.29, 1.82) is 0 Å². The van der Waals surface area contributed by atoms with Crippen LogP contribution in [0.1, 0.15) is 17.4 Å². The SMILES string of the molecule is CC(CCl)CNC(=O)c1ccc(F)cn1. The number of nitrogens with zero attached hydrogens (tertiary/aromatic N) is 1. The van der Waals surface area contributed by atoms with E-state index in [1.807, 2.05) is 6.92 Å². The monoisotopic (exact) mass is 230 g/mol. The summed E-state index contributed by atoms with van der Waals surface area (Å²) in [6.45, 7) is 2.41. The molecule has 0 aliphatic rings. The van der Waals surface area contributed by atoms with Crippen LogP contribution < -0.4 is 5.32 Å². The van der Waals surface area contributed by atoms with Crippen LogP contribution in [0.4, 0.5) is 4.39 Å². The van der Waals surface area contributed by atoms with E-state index in [0.29, 0.717) is 12.4 Å². The number of hydrogen-bond donors (Lipinski definition) is 1. The van der Waals surface area contributed by atoms with Crippen molar-refractivity contribution in [3.8, 4) is 0 Å². The molecule has 0 bridgehead atoms. The standard InChI is InChI=1S/C10H12ClFN2O/c1-7(4-11)5-14-10(15)9-3-2-8(12)6-13-9/h2-3,6-7H,4-5H2,1H3,(H,14,15). The Balaban J connectivity index is 2.50. The molecule has 15 heavy (non-hydrogen) atoms. The molecule has 0 spiro atoms. The lowest BCUT2D eigenvalue weighted by atomic mass is 10.2. The maximum Gasteiger partial charge on any atom is 0.269 e. The van der Waals surface area contributed by atoms with Gasteiger partial charge in [-0.25, -0.2) is 9.37 Å². The highest BCUT2D eigenvalue weighted by atomic mass is 35.5. The summed E-state index contributed by atoms with van der Waals surface area (Å²) in [5.74, 6) is -0.0828. The molecule has 0 saturated heterocycles. The van der Waals surface area contributed by atoms with Gasteiger partial charge in [-0.05, 0) is 18.1 Å². The fraction of sp³-hybridized carbons (Fsp3) is 0.400. The van der Waals surface area contributed by atoms with Gasteiger partial charge in [-0.1, -0.05) is 6.92 Å². The van der Waals surface area contributed by atoms with Gasteiger partial charge in [-0.3, -0.25) is 4.79 Å². The predicted octanol–water partition coefficient (Wildman–Crippen LogP) is 1.83. The van der Waals surface area contributed by atoms with E-state index in [1.54, 1.807) is 0 Å². The molecule has 1 aromatic heterocycles. The molecule has 0 saturated carbocycles. The third kappa shape index (κ3) is 3.83. The number of amides is 1. The average molecular weight is 231 g/mol. The summed E-state index contributed by atoms with van der Waals surface area (Å²) in [4.78, 5) is 15.1. The fourth-order valence-corrected chi connectivity index (χ4v) is 1.03. The fourth-order valence-electron chi connectivity index (χ4n) is 0.922. The van der Waals surface area contributed by atoms with E-state index >= 15 is 0 Å². The highest BCUT2D eigenvalue weighted by molar-refractivity contribution is 6.18. The highest BCUT2D eigenvalue weighted by Crippen LogP contribution is 1.99. The number of hydrogen-bond acceptors (Lipinski definition) is 2. The molecule has 0 aliphatic heterocycles. The summed E-state index contributed by atoms with van der Waals surface area (Å²) in [6.07, 6.45) is 1.01. The lowest BCUT2D eigenvalue weighted by molar-refractivity contribution is 0.0944. The van der Waals surface area contributed by atoms with Crippen molar-refractivity contribution in [3.05, 3.63) is 29.8 Å². The van der Waals surface area contributed by atoms with Crippen molar-refractivity contribution in [1.82, 2.24) is 10.3 Å². The van der Waals surface area contributed by atoms with Crippen molar-refractivity contribution in [2.24, 2.45) is 5.92 Å². The Bertz CT molecular complexity index is 329. The van der Waals surface area contributed by atoms with Crippen LogP contribution in [-0.4, -0.2) is 23.3 Å². The molecule has 3 nitrogen and oxygen atoms in total. The first kappa shape index (κ1) is 11.9. The number of rotatable bonds is 4. The Kier molecular flexibility index (Phi) is 4.49. The van der Waals surface area contributed by atoms with E-state index in [2.05, 4.69) is 10.3 Å². The first-order valence-electron chi connectivity index (χ1n) is 4.59. The number of carbonyl (C=O) groups is 1. The van der Waals surface area contributed by atoms with Crippen molar-refractivity contribution in [2.45, 2.75) is 6.92 Å². The third-order valence-corrected chi connectivity index (χ3v) is 2.36. The molecule has 0 aliphatic carbocycles. The van der Waals surface area contributed by atoms with Gasteiger partial charge in [0, 0.05) is 12.4 Å². The molecule has 1 unspecified atom stereocenters. The molecule has 1 atom stereocenters. The molecule has 82 valence electrons. The van der Waals surface area contributed by atoms with Crippen molar-refractivity contribution >= 4 is 17.5 Å². The van der Waals surface area contributed by atoms with Gasteiger partial charge >= 0.3 is 0 Å². The van der Waals surface area contributed by atoms with Crippen LogP contribution in [0.25, 0.3) is 0 Å². The summed E-state index contributed by atoms with van der Waals surface area (Å²) in [5, 5.41) is 2.66. The number of nitrogens with one attached hydrogen (secondary N) is 1. The topological polar surface area (TPSA) is 42.0 Å². The van der Waals surface area contributed by atoms with E-state index in [-0.39, 0.29) is 17.5 Å². The molecule has 1 aromatic rings. The van der Waals surface area contributed by atoms with E-state index in [0.717, 1.165) is 6.20 Å². The van der Waals surface area contributed by atoms with Gasteiger partial charge in [0.25, 0.3) is 5.91 Å². The Morgan fingerprint density at radius 3 is 2.93 bits per heavy atom. The molecule has 1 rings (SSSR count). The Morgan fingerprint density at radius 1 is 1.67 bits per heavy atom. The molecular weight excluding hydrogens is 219 g/mol. The molecule has 1 heterocycles. The Morgan fingerprint density at radius 2 is 2.40 bits per heavy atom. The molecule has 1 amide bonds. The normalized spacial score (nSPS) is 12.2. The van der Waals surface area contributed by atoms with E-state index < -0.39 is 5.82 Å². The van der Waals surface area contributed by atoms with Crippen LogP contribution in [0.2, 0.25) is 0 Å². The highest BCUT2D eigenvalue weighted by Gasteiger charge is 2.08. The summed E-state index contributed by atoms with van der Waals surface area (Å²) in [6, 6.07) is 2.54. The maximum absolute atomic E-state index is 12.5. The van der Waals surface area contributed by atoms with Crippen molar-refractivity contribution < 1.29 is 9.18 Å². The first-order valence-corrected chi connectivity index (χ1v) is 5.12. The zero-order valence-electron chi connectivity index (χ0n) is 8.34. The zero-order chi connectivity index (χ0) is 11.3. The summed E-state index contributed by atoms with van der Waals surface area (Å²) in [5.41, 5.74) is 0.207. The first-order chi connectivity index (χ1) is 7.13. The smallest absolute Gasteiger partial charge is 0.269 e. The second kappa shape index (κ2) is 5.66. The largest absolute Gasteiger partial charge is 0.350 e. The Labute approximate surface area is 92.7 Å². The van der Waals surface area contributed by atoms with Gasteiger partial charge in [-0.2, -0.15) is 0 Å². The van der Waals surface area contributed by atoms with E-state index in [9.17, 15) is 9.18 Å². The van der Waals surface area contributed by atoms with Gasteiger partial charge in [0.15, 0.2) is 0 Å². The van der Waals surface area contributed by atoms with Crippen molar-refractivity contribution in [2.75, 3.05) is 12.4 Å². The minimum absolute atomic E-state index is 0.205. The minimum Gasteiger partial charge on any atom is -0.350 e. The van der Waals surface area contributed by atoms with Crippen LogP contribution >= 0.6 is 11.6 Å². The van der Waals surface area contributed by atoms with Gasteiger partial charge in [0.05, 0.1) is 6.20 Å². The number of pyridine rings is 1. The van der Waals surface area contributed by atoms with Crippen LogP contribution in [0.3, 0.4) is 0 Å². The van der Waals surface area contributed by atoms with E-state index in [4.69, 9.17) is 11.6 Å². The van der Waals surface area contributed by atoms with Gasteiger partial charge < -0.3 is 5.32 Å². The van der Waals surface area contributed by atoms with Gasteiger partial charge in [0.2, 0.25) is 0 Å². The molecule has 5 heteroatoms. The van der Waals surface area contributed by atoms with Crippen molar-refractivity contribution in [3.63, 3.8) is 0 Å². The quantitative estimate of drug-likeness (QED) is 0.802. The molecule has 0 aromatic carbocycles. The maximum atomic E-state index is 12.5. The van der Waals surface area contributed by atoms with Crippen LogP contribution in [-0.2, 0) is 0 Å². The Hall–Kier alpha value is -1.16. The van der Waals surface area contributed by atoms with Crippen LogP contribution in [0.5, 0.6) is 0 Å². The van der Waals surface area contributed by atoms with Crippen LogP contribution in [0.15, 0.2) is 18.3 Å². The number of halogens is 2. The molecule has 0 fully saturated rings. The molecular formula is C10H12ClFN2O. The van der Waals surface area contributed by atoms with Gasteiger partial charge in [-0.15, -0.1) is 11.6 Å². The lowest BCUT2D eigenvalue weighted by Gasteiger charge is -2.08. The third-order valence-electron chi connectivity index (χ3n) is 1.83. The summed E-state index contributed by atoms with van der Waals surface area (Å²) in [7, 11) is 0. The predicted molar refractivity (Wildman–Crippen MR) is 56.4 cm³/mol. The van der Waals surface area contributed by atoms with E-state index in [1.165, 1.54) is 12.1 Å². The molecule has 0 radical (unpaired) electrons. The minimum atomic E-state index is -0.458. The summed E-state index contributed by atoms with van der Waals surface area (Å²) >= 11 is 5.59. The summed E-state index contributed by atoms with van der Waals surface area (Å²) < 4.78 is 12.5. The van der Waals surface area contributed by atoms with Gasteiger partial charge in [0.1, 0.15) is 11.5 Å².